The third kappa shape index (κ3) is 18.5. The summed E-state index contributed by atoms with van der Waals surface area (Å²) in [6.07, 6.45) is 20.4. The minimum absolute atomic E-state index is 0.161. The molecule has 0 aliphatic rings. The second-order valence-corrected chi connectivity index (χ2v) is 9.77. The van der Waals surface area contributed by atoms with Gasteiger partial charge in [0.15, 0.2) is 0 Å². The van der Waals surface area contributed by atoms with Gasteiger partial charge in [-0.15, -0.1) is 0 Å². The molecule has 0 bridgehead atoms. The lowest BCUT2D eigenvalue weighted by atomic mass is 9.93. The van der Waals surface area contributed by atoms with Gasteiger partial charge in [0.05, 0.1) is 5.54 Å². The second kappa shape index (κ2) is 19.8. The fourth-order valence-corrected chi connectivity index (χ4v) is 4.00. The highest BCUT2D eigenvalue weighted by Crippen LogP contribution is 2.17. The number of carboxylic acids is 2. The molecule has 7 heteroatoms. The minimum atomic E-state index is -1.25. The first-order valence-electron chi connectivity index (χ1n) is 13.2. The predicted molar refractivity (Wildman–Crippen MR) is 133 cm³/mol. The summed E-state index contributed by atoms with van der Waals surface area (Å²) in [6.45, 7) is 3.86. The molecule has 0 heterocycles. The highest BCUT2D eigenvalue weighted by Gasteiger charge is 2.31. The van der Waals surface area contributed by atoms with Crippen molar-refractivity contribution in [3.63, 3.8) is 0 Å². The van der Waals surface area contributed by atoms with Gasteiger partial charge in [-0.3, -0.25) is 9.59 Å². The molecule has 0 radical (unpaired) electrons. The second-order valence-electron chi connectivity index (χ2n) is 9.77. The van der Waals surface area contributed by atoms with Crippen LogP contribution in [0.5, 0.6) is 0 Å². The molecule has 0 aromatic heterocycles. The van der Waals surface area contributed by atoms with Gasteiger partial charge in [0.25, 0.3) is 0 Å². The van der Waals surface area contributed by atoms with Gasteiger partial charge >= 0.3 is 11.9 Å². The molecule has 0 aromatic carbocycles. The number of carbonyl (C=O) groups is 3. The molecule has 1 amide bonds. The summed E-state index contributed by atoms with van der Waals surface area (Å²) < 4.78 is 0. The highest BCUT2D eigenvalue weighted by atomic mass is 16.4. The standard InChI is InChI=1S/C26H50N2O5/c1-3-4-5-6-7-8-9-10-11-12-13-14-15-16-17-18-21-26(2,27)25(33)28-22(24(31)32)19-20-23(29)30/h22H,3-21,27H2,1-2H3,(H,28,33)(H,29,30)(H,31,32)/t22-,26-/m1/s1. The van der Waals surface area contributed by atoms with E-state index in [1.807, 2.05) is 0 Å². The number of carboxylic acid groups (broad SMARTS) is 2. The third-order valence-electron chi connectivity index (χ3n) is 6.32. The summed E-state index contributed by atoms with van der Waals surface area (Å²) in [4.78, 5) is 34.3. The zero-order chi connectivity index (χ0) is 25.0. The molecular formula is C26H50N2O5. The molecule has 0 spiro atoms. The van der Waals surface area contributed by atoms with Crippen LogP contribution in [0.4, 0.5) is 0 Å². The lowest BCUT2D eigenvalue weighted by Crippen LogP contribution is -2.55. The van der Waals surface area contributed by atoms with Crippen LogP contribution in [0, 0.1) is 0 Å². The van der Waals surface area contributed by atoms with Crippen LogP contribution in [0.2, 0.25) is 0 Å². The van der Waals surface area contributed by atoms with Crippen molar-refractivity contribution in [3.05, 3.63) is 0 Å². The van der Waals surface area contributed by atoms with Crippen LogP contribution in [0.15, 0.2) is 0 Å². The Bertz CT molecular complexity index is 537. The molecule has 0 rings (SSSR count). The zero-order valence-corrected chi connectivity index (χ0v) is 21.2. The van der Waals surface area contributed by atoms with E-state index in [4.69, 9.17) is 10.8 Å². The maximum absolute atomic E-state index is 12.4. The normalized spacial score (nSPS) is 13.9. The summed E-state index contributed by atoms with van der Waals surface area (Å²) >= 11 is 0. The van der Waals surface area contributed by atoms with Crippen LogP contribution in [0.25, 0.3) is 0 Å². The third-order valence-corrected chi connectivity index (χ3v) is 6.32. The molecule has 0 fully saturated rings. The topological polar surface area (TPSA) is 130 Å². The number of unbranched alkanes of at least 4 members (excludes halogenated alkanes) is 15. The molecule has 0 saturated heterocycles. The Hall–Kier alpha value is -1.63. The summed E-state index contributed by atoms with van der Waals surface area (Å²) in [7, 11) is 0. The first-order valence-corrected chi connectivity index (χ1v) is 13.2. The van der Waals surface area contributed by atoms with Gasteiger partial charge in [-0.05, 0) is 19.8 Å². The largest absolute Gasteiger partial charge is 0.481 e. The minimum Gasteiger partial charge on any atom is -0.481 e. The first kappa shape index (κ1) is 31.4. The average Bonchev–Trinajstić information content (AvgIpc) is 2.75. The number of hydrogen-bond acceptors (Lipinski definition) is 4. The molecule has 0 aliphatic heterocycles. The van der Waals surface area contributed by atoms with Crippen molar-refractivity contribution in [2.24, 2.45) is 5.73 Å². The summed E-state index contributed by atoms with van der Waals surface area (Å²) in [5, 5.41) is 20.3. The van der Waals surface area contributed by atoms with Gasteiger partial charge < -0.3 is 21.3 Å². The molecule has 0 aromatic rings. The van der Waals surface area contributed by atoms with Crippen molar-refractivity contribution in [1.82, 2.24) is 5.32 Å². The summed E-state index contributed by atoms with van der Waals surface area (Å²) in [6, 6.07) is -1.23. The van der Waals surface area contributed by atoms with Crippen molar-refractivity contribution < 1.29 is 24.6 Å². The van der Waals surface area contributed by atoms with Gasteiger partial charge in [-0.2, -0.15) is 0 Å². The number of nitrogens with two attached hydrogens (primary N) is 1. The van der Waals surface area contributed by atoms with Crippen LogP contribution >= 0.6 is 0 Å². The Morgan fingerprint density at radius 1 is 0.758 bits per heavy atom. The summed E-state index contributed by atoms with van der Waals surface area (Å²) in [5.74, 6) is -2.89. The van der Waals surface area contributed by atoms with Crippen molar-refractivity contribution >= 4 is 17.8 Å². The molecular weight excluding hydrogens is 420 g/mol. The van der Waals surface area contributed by atoms with Crippen LogP contribution < -0.4 is 11.1 Å². The smallest absolute Gasteiger partial charge is 0.326 e. The van der Waals surface area contributed by atoms with Crippen LogP contribution in [-0.4, -0.2) is 39.6 Å². The van der Waals surface area contributed by atoms with Gasteiger partial charge in [-0.25, -0.2) is 4.79 Å². The lowest BCUT2D eigenvalue weighted by molar-refractivity contribution is -0.143. The average molecular weight is 471 g/mol. The number of amides is 1. The Morgan fingerprint density at radius 2 is 1.15 bits per heavy atom. The Labute approximate surface area is 201 Å². The van der Waals surface area contributed by atoms with Crippen LogP contribution in [0.3, 0.4) is 0 Å². The van der Waals surface area contributed by atoms with E-state index in [0.717, 1.165) is 19.3 Å². The van der Waals surface area contributed by atoms with Gasteiger partial charge in [-0.1, -0.05) is 110 Å². The highest BCUT2D eigenvalue weighted by molar-refractivity contribution is 5.89. The maximum atomic E-state index is 12.4. The predicted octanol–water partition coefficient (Wildman–Crippen LogP) is 5.79. The van der Waals surface area contributed by atoms with Gasteiger partial charge in [0, 0.05) is 6.42 Å². The molecule has 0 unspecified atom stereocenters. The first-order chi connectivity index (χ1) is 15.7. The van der Waals surface area contributed by atoms with E-state index in [1.165, 1.54) is 83.5 Å². The SMILES string of the molecule is CCCCCCCCCCCCCCCCCC[C@@](C)(N)C(=O)N[C@H](CCC(=O)O)C(=O)O. The Kier molecular flexibility index (Phi) is 18.8. The van der Waals surface area contributed by atoms with E-state index in [2.05, 4.69) is 12.2 Å². The van der Waals surface area contributed by atoms with Crippen LogP contribution in [-0.2, 0) is 14.4 Å². The molecule has 2 atom stereocenters. The fourth-order valence-electron chi connectivity index (χ4n) is 4.00. The van der Waals surface area contributed by atoms with E-state index in [0.29, 0.717) is 6.42 Å². The quantitative estimate of drug-likeness (QED) is 0.140. The molecule has 7 nitrogen and oxygen atoms in total. The Morgan fingerprint density at radius 3 is 1.52 bits per heavy atom. The van der Waals surface area contributed by atoms with Crippen molar-refractivity contribution in [2.45, 2.75) is 147 Å². The van der Waals surface area contributed by atoms with E-state index >= 15 is 0 Å². The van der Waals surface area contributed by atoms with E-state index in [1.54, 1.807) is 6.92 Å². The van der Waals surface area contributed by atoms with Crippen molar-refractivity contribution in [3.8, 4) is 0 Å². The van der Waals surface area contributed by atoms with Gasteiger partial charge in [0.1, 0.15) is 6.04 Å². The maximum Gasteiger partial charge on any atom is 0.326 e. The van der Waals surface area contributed by atoms with E-state index in [-0.39, 0.29) is 12.8 Å². The molecule has 0 aliphatic carbocycles. The fraction of sp³-hybridized carbons (Fsp3) is 0.885. The number of aliphatic carboxylic acids is 2. The zero-order valence-electron chi connectivity index (χ0n) is 21.2. The van der Waals surface area contributed by atoms with Gasteiger partial charge in [0.2, 0.25) is 5.91 Å². The Balaban J connectivity index is 3.73. The molecule has 194 valence electrons. The molecule has 0 saturated carbocycles. The van der Waals surface area contributed by atoms with Crippen molar-refractivity contribution in [1.29, 1.82) is 0 Å². The monoisotopic (exact) mass is 470 g/mol. The van der Waals surface area contributed by atoms with Crippen molar-refractivity contribution in [2.75, 3.05) is 0 Å². The van der Waals surface area contributed by atoms with E-state index in [9.17, 15) is 19.5 Å². The summed E-state index contributed by atoms with van der Waals surface area (Å²) in [5.41, 5.74) is 4.94. The number of nitrogens with one attached hydrogen (secondary N) is 1. The number of rotatable bonds is 23. The molecule has 5 N–H and O–H groups in total. The van der Waals surface area contributed by atoms with E-state index < -0.39 is 29.4 Å². The number of carbonyl (C=O) groups excluding carboxylic acids is 1. The van der Waals surface area contributed by atoms with Crippen LogP contribution in [0.1, 0.15) is 136 Å². The molecule has 33 heavy (non-hydrogen) atoms. The lowest BCUT2D eigenvalue weighted by Gasteiger charge is -2.25. The number of hydrogen-bond donors (Lipinski definition) is 4.